The van der Waals surface area contributed by atoms with Crippen molar-refractivity contribution in [3.63, 3.8) is 0 Å². The molecule has 0 bridgehead atoms. The molecule has 0 saturated heterocycles. The van der Waals surface area contributed by atoms with E-state index >= 15 is 0 Å². The third kappa shape index (κ3) is 2.23. The van der Waals surface area contributed by atoms with Crippen LogP contribution in [0.4, 0.5) is 0 Å². The zero-order valence-electron chi connectivity index (χ0n) is 9.59. The van der Waals surface area contributed by atoms with Crippen molar-refractivity contribution in [2.24, 2.45) is 17.3 Å². The van der Waals surface area contributed by atoms with Crippen LogP contribution in [0.25, 0.3) is 0 Å². The van der Waals surface area contributed by atoms with Crippen molar-refractivity contribution in [1.82, 2.24) is 0 Å². The fraction of sp³-hybridized carbons (Fsp3) is 0.833. The summed E-state index contributed by atoms with van der Waals surface area (Å²) in [5.41, 5.74) is 0.00516. The molecule has 80 valence electrons. The van der Waals surface area contributed by atoms with Crippen molar-refractivity contribution in [2.45, 2.75) is 47.0 Å². The number of carbonyl (C=O) groups is 2. The van der Waals surface area contributed by atoms with Crippen LogP contribution in [0.2, 0.25) is 0 Å². The van der Waals surface area contributed by atoms with Gasteiger partial charge in [0.1, 0.15) is 11.6 Å². The first-order chi connectivity index (χ1) is 6.34. The summed E-state index contributed by atoms with van der Waals surface area (Å²) in [6.45, 7) is 7.78. The van der Waals surface area contributed by atoms with Crippen LogP contribution in [-0.4, -0.2) is 11.6 Å². The van der Waals surface area contributed by atoms with E-state index in [1.54, 1.807) is 0 Å². The van der Waals surface area contributed by atoms with Gasteiger partial charge in [0.25, 0.3) is 0 Å². The van der Waals surface area contributed by atoms with Crippen LogP contribution in [0.15, 0.2) is 0 Å². The van der Waals surface area contributed by atoms with Crippen LogP contribution < -0.4 is 0 Å². The zero-order chi connectivity index (χ0) is 10.9. The normalized spacial score (nSPS) is 29.0. The van der Waals surface area contributed by atoms with E-state index in [1.807, 2.05) is 0 Å². The largest absolute Gasteiger partial charge is 0.299 e. The van der Waals surface area contributed by atoms with Gasteiger partial charge in [0.05, 0.1) is 5.92 Å². The van der Waals surface area contributed by atoms with E-state index in [0.29, 0.717) is 0 Å². The lowest BCUT2D eigenvalue weighted by molar-refractivity contribution is -0.139. The van der Waals surface area contributed by atoms with Crippen LogP contribution in [-0.2, 0) is 9.59 Å². The van der Waals surface area contributed by atoms with Gasteiger partial charge in [-0.25, -0.2) is 0 Å². The van der Waals surface area contributed by atoms with Crippen molar-refractivity contribution < 1.29 is 9.59 Å². The summed E-state index contributed by atoms with van der Waals surface area (Å²) in [7, 11) is 0. The van der Waals surface area contributed by atoms with E-state index in [9.17, 15) is 9.59 Å². The van der Waals surface area contributed by atoms with E-state index in [2.05, 4.69) is 20.8 Å². The molecule has 0 aromatic heterocycles. The summed E-state index contributed by atoms with van der Waals surface area (Å²) >= 11 is 0. The summed E-state index contributed by atoms with van der Waals surface area (Å²) in [5.74, 6) is -0.0154. The zero-order valence-corrected chi connectivity index (χ0v) is 9.59. The number of ketones is 2. The Bertz CT molecular complexity index is 248. The van der Waals surface area contributed by atoms with Gasteiger partial charge in [-0.15, -0.1) is 0 Å². The maximum Gasteiger partial charge on any atom is 0.146 e. The Morgan fingerprint density at radius 3 is 2.29 bits per heavy atom. The highest BCUT2D eigenvalue weighted by Gasteiger charge is 2.39. The Hall–Kier alpha value is -0.660. The van der Waals surface area contributed by atoms with E-state index in [0.717, 1.165) is 19.3 Å². The molecule has 0 radical (unpaired) electrons. The van der Waals surface area contributed by atoms with E-state index in [1.165, 1.54) is 6.92 Å². The SMILES string of the molecule is CC(=O)C1CCCC(C(C)(C)C)C1=O. The minimum Gasteiger partial charge on any atom is -0.299 e. The number of rotatable bonds is 1. The van der Waals surface area contributed by atoms with Gasteiger partial charge in [0, 0.05) is 5.92 Å². The molecular formula is C12H20O2. The third-order valence-electron chi connectivity index (χ3n) is 3.21. The molecule has 1 fully saturated rings. The summed E-state index contributed by atoms with van der Waals surface area (Å²) in [5, 5.41) is 0. The second kappa shape index (κ2) is 3.84. The Labute approximate surface area is 86.1 Å². The number of Topliss-reactive ketones (excluding diaryl/α,β-unsaturated/α-hetero) is 2. The van der Waals surface area contributed by atoms with Crippen LogP contribution in [0, 0.1) is 17.3 Å². The minimum atomic E-state index is -0.312. The van der Waals surface area contributed by atoms with Gasteiger partial charge in [-0.2, -0.15) is 0 Å². The third-order valence-corrected chi connectivity index (χ3v) is 3.21. The highest BCUT2D eigenvalue weighted by molar-refractivity contribution is 6.03. The molecule has 14 heavy (non-hydrogen) atoms. The topological polar surface area (TPSA) is 34.1 Å². The second-order valence-electron chi connectivity index (χ2n) is 5.42. The average molecular weight is 196 g/mol. The fourth-order valence-electron chi connectivity index (χ4n) is 2.32. The molecule has 2 nitrogen and oxygen atoms in total. The lowest BCUT2D eigenvalue weighted by Crippen LogP contribution is -2.39. The molecule has 2 atom stereocenters. The van der Waals surface area contributed by atoms with Gasteiger partial charge in [-0.1, -0.05) is 27.2 Å². The highest BCUT2D eigenvalue weighted by atomic mass is 16.1. The molecule has 1 rings (SSSR count). The van der Waals surface area contributed by atoms with Crippen molar-refractivity contribution >= 4 is 11.6 Å². The predicted octanol–water partition coefficient (Wildman–Crippen LogP) is 2.61. The molecule has 0 N–H and O–H groups in total. The number of carbonyl (C=O) groups excluding carboxylic acids is 2. The van der Waals surface area contributed by atoms with Crippen LogP contribution in [0.5, 0.6) is 0 Å². The van der Waals surface area contributed by atoms with Gasteiger partial charge in [0.15, 0.2) is 0 Å². The molecular weight excluding hydrogens is 176 g/mol. The molecule has 1 saturated carbocycles. The van der Waals surface area contributed by atoms with Crippen LogP contribution >= 0.6 is 0 Å². The molecule has 0 heterocycles. The second-order valence-corrected chi connectivity index (χ2v) is 5.42. The summed E-state index contributed by atoms with van der Waals surface area (Å²) in [6.07, 6.45) is 2.73. The lowest BCUT2D eigenvalue weighted by Gasteiger charge is -2.35. The summed E-state index contributed by atoms with van der Waals surface area (Å²) in [4.78, 5) is 23.3. The lowest BCUT2D eigenvalue weighted by atomic mass is 9.67. The van der Waals surface area contributed by atoms with E-state index in [-0.39, 0.29) is 28.8 Å². The van der Waals surface area contributed by atoms with Gasteiger partial charge in [-0.05, 0) is 25.2 Å². The van der Waals surface area contributed by atoms with Crippen molar-refractivity contribution in [3.8, 4) is 0 Å². The molecule has 1 aliphatic carbocycles. The van der Waals surface area contributed by atoms with Crippen molar-refractivity contribution in [3.05, 3.63) is 0 Å². The number of hydrogen-bond acceptors (Lipinski definition) is 2. The quantitative estimate of drug-likeness (QED) is 0.604. The maximum absolute atomic E-state index is 12.0. The first kappa shape index (κ1) is 11.4. The van der Waals surface area contributed by atoms with Crippen LogP contribution in [0.3, 0.4) is 0 Å². The maximum atomic E-state index is 12.0. The average Bonchev–Trinajstić information content (AvgIpc) is 2.01. The van der Waals surface area contributed by atoms with E-state index < -0.39 is 0 Å². The fourth-order valence-corrected chi connectivity index (χ4v) is 2.32. The molecule has 0 aliphatic heterocycles. The smallest absolute Gasteiger partial charge is 0.146 e. The molecule has 0 spiro atoms. The molecule has 0 aromatic rings. The minimum absolute atomic E-state index is 0.00516. The van der Waals surface area contributed by atoms with Gasteiger partial charge in [0.2, 0.25) is 0 Å². The Balaban J connectivity index is 2.82. The molecule has 2 unspecified atom stereocenters. The van der Waals surface area contributed by atoms with Gasteiger partial charge < -0.3 is 0 Å². The molecule has 2 heteroatoms. The molecule has 0 amide bonds. The Morgan fingerprint density at radius 1 is 1.29 bits per heavy atom. The van der Waals surface area contributed by atoms with Crippen molar-refractivity contribution in [1.29, 1.82) is 0 Å². The van der Waals surface area contributed by atoms with Crippen molar-refractivity contribution in [2.75, 3.05) is 0 Å². The molecule has 0 aromatic carbocycles. The standard InChI is InChI=1S/C12H20O2/c1-8(13)9-6-5-7-10(11(9)14)12(2,3)4/h9-10H,5-7H2,1-4H3. The monoisotopic (exact) mass is 196 g/mol. The van der Waals surface area contributed by atoms with Crippen LogP contribution in [0.1, 0.15) is 47.0 Å². The summed E-state index contributed by atoms with van der Waals surface area (Å²) < 4.78 is 0. The van der Waals surface area contributed by atoms with Gasteiger partial charge in [-0.3, -0.25) is 9.59 Å². The number of hydrogen-bond donors (Lipinski definition) is 0. The van der Waals surface area contributed by atoms with E-state index in [4.69, 9.17) is 0 Å². The summed E-state index contributed by atoms with van der Waals surface area (Å²) in [6, 6.07) is 0. The first-order valence-electron chi connectivity index (χ1n) is 5.38. The highest BCUT2D eigenvalue weighted by Crippen LogP contribution is 2.37. The first-order valence-corrected chi connectivity index (χ1v) is 5.38. The Kier molecular flexibility index (Phi) is 3.13. The molecule has 1 aliphatic rings. The Morgan fingerprint density at radius 2 is 1.86 bits per heavy atom. The van der Waals surface area contributed by atoms with Gasteiger partial charge >= 0.3 is 0 Å². The predicted molar refractivity (Wildman–Crippen MR) is 56.0 cm³/mol.